The van der Waals surface area contributed by atoms with E-state index in [-0.39, 0.29) is 0 Å². The monoisotopic (exact) mass is 196 g/mol. The van der Waals surface area contributed by atoms with Crippen molar-refractivity contribution in [2.24, 2.45) is 0 Å². The second kappa shape index (κ2) is 3.39. The van der Waals surface area contributed by atoms with Crippen molar-refractivity contribution in [1.82, 2.24) is 4.98 Å². The molecule has 1 aliphatic heterocycles. The molecule has 0 amide bonds. The molecule has 1 aliphatic rings. The number of nitrogens with one attached hydrogen (secondary N) is 1. The molecule has 0 saturated heterocycles. The van der Waals surface area contributed by atoms with Gasteiger partial charge in [-0.25, -0.2) is 0 Å². The molecule has 74 valence electrons. The van der Waals surface area contributed by atoms with Crippen LogP contribution in [0.25, 0.3) is 0 Å². The van der Waals surface area contributed by atoms with Gasteiger partial charge in [-0.3, -0.25) is 4.98 Å². The van der Waals surface area contributed by atoms with Gasteiger partial charge >= 0.3 is 0 Å². The summed E-state index contributed by atoms with van der Waals surface area (Å²) in [6.45, 7) is 0. The highest BCUT2D eigenvalue weighted by Crippen LogP contribution is 2.33. The van der Waals surface area contributed by atoms with Crippen molar-refractivity contribution in [2.75, 3.05) is 5.32 Å². The Morgan fingerprint density at radius 2 is 1.87 bits per heavy atom. The minimum Gasteiger partial charge on any atom is -0.378 e. The van der Waals surface area contributed by atoms with E-state index >= 15 is 0 Å². The maximum Gasteiger partial charge on any atom is 0.0556 e. The van der Waals surface area contributed by atoms with Gasteiger partial charge in [0.05, 0.1) is 6.04 Å². The molecule has 1 unspecified atom stereocenters. The fourth-order valence-electron chi connectivity index (χ4n) is 2.09. The van der Waals surface area contributed by atoms with Gasteiger partial charge in [-0.1, -0.05) is 18.2 Å². The molecule has 2 heterocycles. The van der Waals surface area contributed by atoms with E-state index in [4.69, 9.17) is 0 Å². The number of hydrogen-bond acceptors (Lipinski definition) is 2. The lowest BCUT2D eigenvalue weighted by molar-refractivity contribution is 0.821. The topological polar surface area (TPSA) is 24.9 Å². The fraction of sp³-hybridized carbons (Fsp3) is 0.154. The van der Waals surface area contributed by atoms with Gasteiger partial charge in [-0.05, 0) is 35.7 Å². The Morgan fingerprint density at radius 1 is 1.07 bits per heavy atom. The quantitative estimate of drug-likeness (QED) is 0.758. The van der Waals surface area contributed by atoms with E-state index in [0.29, 0.717) is 6.04 Å². The van der Waals surface area contributed by atoms with Crippen LogP contribution in [-0.4, -0.2) is 4.98 Å². The zero-order chi connectivity index (χ0) is 10.1. The predicted molar refractivity (Wildman–Crippen MR) is 60.7 cm³/mol. The SMILES string of the molecule is c1ccc2c(c1)CC(c1ccncc1)N2. The average molecular weight is 196 g/mol. The van der Waals surface area contributed by atoms with Crippen molar-refractivity contribution in [3.63, 3.8) is 0 Å². The molecule has 15 heavy (non-hydrogen) atoms. The summed E-state index contributed by atoms with van der Waals surface area (Å²) in [6.07, 6.45) is 4.76. The summed E-state index contributed by atoms with van der Waals surface area (Å²) in [7, 11) is 0. The van der Waals surface area contributed by atoms with Crippen LogP contribution in [0.3, 0.4) is 0 Å². The van der Waals surface area contributed by atoms with Crippen molar-refractivity contribution < 1.29 is 0 Å². The smallest absolute Gasteiger partial charge is 0.0556 e. The van der Waals surface area contributed by atoms with E-state index in [1.165, 1.54) is 16.8 Å². The third kappa shape index (κ3) is 1.48. The van der Waals surface area contributed by atoms with Gasteiger partial charge in [0.1, 0.15) is 0 Å². The average Bonchev–Trinajstić information content (AvgIpc) is 2.74. The fourth-order valence-corrected chi connectivity index (χ4v) is 2.09. The third-order valence-electron chi connectivity index (χ3n) is 2.88. The summed E-state index contributed by atoms with van der Waals surface area (Å²) in [5.74, 6) is 0. The summed E-state index contributed by atoms with van der Waals surface area (Å²) >= 11 is 0. The van der Waals surface area contributed by atoms with E-state index < -0.39 is 0 Å². The Hall–Kier alpha value is -1.83. The first-order valence-corrected chi connectivity index (χ1v) is 5.18. The van der Waals surface area contributed by atoms with Crippen molar-refractivity contribution in [1.29, 1.82) is 0 Å². The molecular formula is C13H12N2. The second-order valence-electron chi connectivity index (χ2n) is 3.84. The molecule has 1 aromatic heterocycles. The summed E-state index contributed by atoms with van der Waals surface area (Å²) in [6, 6.07) is 13.0. The minimum absolute atomic E-state index is 0.408. The molecule has 0 saturated carbocycles. The van der Waals surface area contributed by atoms with Crippen LogP contribution in [0.4, 0.5) is 5.69 Å². The Labute approximate surface area is 89.0 Å². The summed E-state index contributed by atoms with van der Waals surface area (Å²) in [5.41, 5.74) is 3.97. The molecule has 0 radical (unpaired) electrons. The van der Waals surface area contributed by atoms with Gasteiger partial charge in [-0.15, -0.1) is 0 Å². The third-order valence-corrected chi connectivity index (χ3v) is 2.88. The summed E-state index contributed by atoms with van der Waals surface area (Å²) in [4.78, 5) is 4.04. The van der Waals surface area contributed by atoms with Crippen LogP contribution >= 0.6 is 0 Å². The van der Waals surface area contributed by atoms with E-state index in [0.717, 1.165) is 6.42 Å². The molecule has 3 rings (SSSR count). The lowest BCUT2D eigenvalue weighted by Gasteiger charge is -2.10. The van der Waals surface area contributed by atoms with E-state index in [1.54, 1.807) is 0 Å². The van der Waals surface area contributed by atoms with Gasteiger partial charge in [0.15, 0.2) is 0 Å². The van der Waals surface area contributed by atoms with Gasteiger partial charge in [0.2, 0.25) is 0 Å². The zero-order valence-corrected chi connectivity index (χ0v) is 8.35. The van der Waals surface area contributed by atoms with Gasteiger partial charge in [0.25, 0.3) is 0 Å². The molecule has 2 heteroatoms. The van der Waals surface area contributed by atoms with Gasteiger partial charge < -0.3 is 5.32 Å². The number of nitrogens with zero attached hydrogens (tertiary/aromatic N) is 1. The molecule has 0 fully saturated rings. The number of pyridine rings is 1. The first kappa shape index (κ1) is 8.48. The Kier molecular flexibility index (Phi) is 1.91. The Balaban J connectivity index is 1.91. The van der Waals surface area contributed by atoms with Gasteiger partial charge in [-0.2, -0.15) is 0 Å². The molecule has 1 atom stereocenters. The maximum atomic E-state index is 4.04. The highest BCUT2D eigenvalue weighted by atomic mass is 14.9. The van der Waals surface area contributed by atoms with Gasteiger partial charge in [0, 0.05) is 18.1 Å². The van der Waals surface area contributed by atoms with Crippen LogP contribution < -0.4 is 5.32 Å². The van der Waals surface area contributed by atoms with Crippen LogP contribution in [0.5, 0.6) is 0 Å². The molecule has 0 aliphatic carbocycles. The molecule has 2 aromatic rings. The zero-order valence-electron chi connectivity index (χ0n) is 8.35. The van der Waals surface area contributed by atoms with E-state index in [1.807, 2.05) is 12.4 Å². The molecule has 0 spiro atoms. The number of anilines is 1. The lowest BCUT2D eigenvalue weighted by atomic mass is 10.0. The lowest BCUT2D eigenvalue weighted by Crippen LogP contribution is -2.05. The van der Waals surface area contributed by atoms with Crippen LogP contribution in [0.15, 0.2) is 48.8 Å². The molecule has 1 N–H and O–H groups in total. The first-order valence-electron chi connectivity index (χ1n) is 5.18. The maximum absolute atomic E-state index is 4.04. The molecular weight excluding hydrogens is 184 g/mol. The van der Waals surface area contributed by atoms with Crippen LogP contribution in [0.2, 0.25) is 0 Å². The van der Waals surface area contributed by atoms with Crippen molar-refractivity contribution in [3.8, 4) is 0 Å². The summed E-state index contributed by atoms with van der Waals surface area (Å²) < 4.78 is 0. The number of hydrogen-bond donors (Lipinski definition) is 1. The van der Waals surface area contributed by atoms with Crippen LogP contribution in [0.1, 0.15) is 17.2 Å². The number of fused-ring (bicyclic) bond motifs is 1. The predicted octanol–water partition coefficient (Wildman–Crippen LogP) is 2.79. The molecule has 2 nitrogen and oxygen atoms in total. The highest BCUT2D eigenvalue weighted by Gasteiger charge is 2.20. The number of aromatic nitrogens is 1. The van der Waals surface area contributed by atoms with E-state index in [9.17, 15) is 0 Å². The summed E-state index contributed by atoms with van der Waals surface area (Å²) in [5, 5.41) is 3.52. The number of benzene rings is 1. The van der Waals surface area contributed by atoms with Crippen molar-refractivity contribution in [3.05, 3.63) is 59.9 Å². The first-order chi connectivity index (χ1) is 7.43. The van der Waals surface area contributed by atoms with Crippen molar-refractivity contribution in [2.45, 2.75) is 12.5 Å². The van der Waals surface area contributed by atoms with Crippen LogP contribution in [0, 0.1) is 0 Å². The second-order valence-corrected chi connectivity index (χ2v) is 3.84. The van der Waals surface area contributed by atoms with Crippen LogP contribution in [-0.2, 0) is 6.42 Å². The molecule has 0 bridgehead atoms. The minimum atomic E-state index is 0.408. The number of para-hydroxylation sites is 1. The largest absolute Gasteiger partial charge is 0.378 e. The standard InChI is InChI=1S/C13H12N2/c1-2-4-12-11(3-1)9-13(15-12)10-5-7-14-8-6-10/h1-8,13,15H,9H2. The normalized spacial score (nSPS) is 18.3. The van der Waals surface area contributed by atoms with Crippen molar-refractivity contribution >= 4 is 5.69 Å². The number of rotatable bonds is 1. The Bertz CT molecular complexity index is 440. The van der Waals surface area contributed by atoms with E-state index in [2.05, 4.69) is 46.7 Å². The molecule has 1 aromatic carbocycles. The highest BCUT2D eigenvalue weighted by molar-refractivity contribution is 5.57. The Morgan fingerprint density at radius 3 is 2.67 bits per heavy atom.